The monoisotopic (exact) mass is 337 g/mol. The fourth-order valence-corrected chi connectivity index (χ4v) is 7.56. The maximum absolute atomic E-state index is 12.8. The summed E-state index contributed by atoms with van der Waals surface area (Å²) in [6, 6.07) is 0. The molecule has 5 rings (SSSR count). The fraction of sp³-hybridized carbons (Fsp3) is 0.824. The van der Waals surface area contributed by atoms with Gasteiger partial charge in [0.2, 0.25) is 10.0 Å². The number of rotatable bonds is 4. The first-order chi connectivity index (χ1) is 10.8. The lowest BCUT2D eigenvalue weighted by Gasteiger charge is -2.56. The Hall–Kier alpha value is -0.880. The van der Waals surface area contributed by atoms with Gasteiger partial charge in [0.25, 0.3) is 0 Å². The Bertz CT molecular complexity index is 700. The van der Waals surface area contributed by atoms with Crippen LogP contribution < -0.4 is 4.72 Å². The van der Waals surface area contributed by atoms with E-state index in [1.54, 1.807) is 18.7 Å². The molecule has 4 bridgehead atoms. The molecule has 0 saturated heterocycles. The molecular formula is C17H27N3O2S. The Kier molecular flexibility index (Phi) is 3.44. The minimum Gasteiger partial charge on any atom is -0.271 e. The molecule has 4 saturated carbocycles. The predicted molar refractivity (Wildman–Crippen MR) is 88.5 cm³/mol. The van der Waals surface area contributed by atoms with Crippen molar-refractivity contribution in [3.05, 3.63) is 11.4 Å². The molecule has 0 amide bonds. The minimum absolute atomic E-state index is 0.214. The first-order valence-electron chi connectivity index (χ1n) is 8.78. The van der Waals surface area contributed by atoms with Crippen LogP contribution in [0.2, 0.25) is 0 Å². The summed E-state index contributed by atoms with van der Waals surface area (Å²) in [4.78, 5) is 0.365. The molecule has 1 aromatic heterocycles. The lowest BCUT2D eigenvalue weighted by Crippen LogP contribution is -2.51. The smallest absolute Gasteiger partial charge is 0.244 e. The lowest BCUT2D eigenvalue weighted by molar-refractivity contribution is -0.0487. The van der Waals surface area contributed by atoms with Gasteiger partial charge in [0.05, 0.1) is 11.4 Å². The number of aromatic nitrogens is 2. The molecular weight excluding hydrogens is 310 g/mol. The summed E-state index contributed by atoms with van der Waals surface area (Å²) in [5.74, 6) is 2.52. The van der Waals surface area contributed by atoms with Crippen molar-refractivity contribution >= 4 is 10.0 Å². The summed E-state index contributed by atoms with van der Waals surface area (Å²) in [5, 5.41) is 4.25. The van der Waals surface area contributed by atoms with Crippen molar-refractivity contribution in [3.8, 4) is 0 Å². The highest BCUT2D eigenvalue weighted by molar-refractivity contribution is 7.89. The van der Waals surface area contributed by atoms with Crippen LogP contribution in [0.1, 0.15) is 49.9 Å². The lowest BCUT2D eigenvalue weighted by atomic mass is 9.50. The van der Waals surface area contributed by atoms with Crippen molar-refractivity contribution < 1.29 is 8.42 Å². The molecule has 0 unspecified atom stereocenters. The van der Waals surface area contributed by atoms with Gasteiger partial charge < -0.3 is 0 Å². The summed E-state index contributed by atoms with van der Waals surface area (Å²) in [6.45, 7) is 4.19. The van der Waals surface area contributed by atoms with Gasteiger partial charge >= 0.3 is 0 Å². The summed E-state index contributed by atoms with van der Waals surface area (Å²) in [7, 11) is -1.69. The zero-order chi connectivity index (χ0) is 16.4. The van der Waals surface area contributed by atoms with Gasteiger partial charge in [-0.3, -0.25) is 4.68 Å². The van der Waals surface area contributed by atoms with Crippen LogP contribution in [0.4, 0.5) is 0 Å². The van der Waals surface area contributed by atoms with E-state index < -0.39 is 10.0 Å². The number of hydrogen-bond donors (Lipinski definition) is 1. The normalized spacial score (nSPS) is 35.9. The van der Waals surface area contributed by atoms with Crippen LogP contribution in [0, 0.1) is 37.0 Å². The Labute approximate surface area is 138 Å². The highest BCUT2D eigenvalue weighted by atomic mass is 32.2. The van der Waals surface area contributed by atoms with Crippen LogP contribution in [-0.2, 0) is 17.1 Å². The number of aryl methyl sites for hydroxylation is 2. The largest absolute Gasteiger partial charge is 0.271 e. The molecule has 0 atom stereocenters. The third kappa shape index (κ3) is 2.54. The summed E-state index contributed by atoms with van der Waals surface area (Å²) < 4.78 is 30.2. The van der Waals surface area contributed by atoms with Crippen molar-refractivity contribution in [2.45, 2.75) is 57.3 Å². The van der Waals surface area contributed by atoms with E-state index in [1.807, 2.05) is 6.92 Å². The standard InChI is InChI=1S/C17H27N3O2S/c1-11-16(12(2)20(3)19-11)23(21,22)18-10-17-7-13-4-14(8-17)6-15(5-13)9-17/h13-15,18H,4-10H2,1-3H3. The van der Waals surface area contributed by atoms with E-state index in [4.69, 9.17) is 0 Å². The van der Waals surface area contributed by atoms with Crippen LogP contribution in [0.5, 0.6) is 0 Å². The zero-order valence-corrected chi connectivity index (χ0v) is 15.1. The van der Waals surface area contributed by atoms with E-state index in [9.17, 15) is 8.42 Å². The maximum Gasteiger partial charge on any atom is 0.244 e. The third-order valence-corrected chi connectivity index (χ3v) is 8.17. The molecule has 4 aliphatic rings. The number of hydrogen-bond acceptors (Lipinski definition) is 3. The second-order valence-corrected chi connectivity index (χ2v) is 10.1. The number of nitrogens with zero attached hydrogens (tertiary/aromatic N) is 2. The molecule has 0 aromatic carbocycles. The second-order valence-electron chi connectivity index (χ2n) is 8.37. The molecule has 0 radical (unpaired) electrons. The van der Waals surface area contributed by atoms with Gasteiger partial charge in [0.15, 0.2) is 0 Å². The van der Waals surface area contributed by atoms with E-state index in [2.05, 4.69) is 9.82 Å². The third-order valence-electron chi connectivity index (χ3n) is 6.51. The molecule has 1 aromatic rings. The first-order valence-corrected chi connectivity index (χ1v) is 10.3. The van der Waals surface area contributed by atoms with E-state index in [-0.39, 0.29) is 5.41 Å². The molecule has 1 N–H and O–H groups in total. The van der Waals surface area contributed by atoms with Gasteiger partial charge in [0, 0.05) is 13.6 Å². The van der Waals surface area contributed by atoms with Gasteiger partial charge in [-0.05, 0) is 75.5 Å². The Morgan fingerprint density at radius 3 is 2.09 bits per heavy atom. The first kappa shape index (κ1) is 15.6. The Morgan fingerprint density at radius 2 is 1.65 bits per heavy atom. The number of sulfonamides is 1. The summed E-state index contributed by atoms with van der Waals surface area (Å²) >= 11 is 0. The Morgan fingerprint density at radius 1 is 1.13 bits per heavy atom. The molecule has 23 heavy (non-hydrogen) atoms. The van der Waals surface area contributed by atoms with Crippen LogP contribution in [0.25, 0.3) is 0 Å². The van der Waals surface area contributed by atoms with Gasteiger partial charge in [0.1, 0.15) is 4.90 Å². The number of nitrogens with one attached hydrogen (secondary N) is 1. The van der Waals surface area contributed by atoms with E-state index in [0.29, 0.717) is 22.8 Å². The topological polar surface area (TPSA) is 64.0 Å². The highest BCUT2D eigenvalue weighted by Crippen LogP contribution is 2.59. The average Bonchev–Trinajstić information content (AvgIpc) is 2.69. The summed E-state index contributed by atoms with van der Waals surface area (Å²) in [6.07, 6.45) is 7.79. The van der Waals surface area contributed by atoms with Gasteiger partial charge in [-0.15, -0.1) is 0 Å². The van der Waals surface area contributed by atoms with Crippen LogP contribution in [-0.4, -0.2) is 24.7 Å². The van der Waals surface area contributed by atoms with Gasteiger partial charge in [-0.1, -0.05) is 0 Å². The predicted octanol–water partition coefficient (Wildman–Crippen LogP) is 2.53. The molecule has 5 nitrogen and oxygen atoms in total. The van der Waals surface area contributed by atoms with Crippen molar-refractivity contribution in [3.63, 3.8) is 0 Å². The SMILES string of the molecule is Cc1nn(C)c(C)c1S(=O)(=O)NCC12CC3CC(CC(C3)C1)C2. The van der Waals surface area contributed by atoms with E-state index >= 15 is 0 Å². The molecule has 0 spiro atoms. The molecule has 4 aliphatic carbocycles. The second kappa shape index (κ2) is 5.06. The zero-order valence-electron chi connectivity index (χ0n) is 14.3. The fourth-order valence-electron chi connectivity index (χ4n) is 5.97. The summed E-state index contributed by atoms with van der Waals surface area (Å²) in [5.41, 5.74) is 1.51. The molecule has 128 valence electrons. The van der Waals surface area contributed by atoms with Crippen LogP contribution in [0.3, 0.4) is 0 Å². The van der Waals surface area contributed by atoms with Crippen molar-refractivity contribution in [2.75, 3.05) is 6.54 Å². The van der Waals surface area contributed by atoms with E-state index in [0.717, 1.165) is 17.8 Å². The van der Waals surface area contributed by atoms with Crippen molar-refractivity contribution in [1.29, 1.82) is 0 Å². The molecule has 4 fully saturated rings. The van der Waals surface area contributed by atoms with Gasteiger partial charge in [-0.2, -0.15) is 5.10 Å². The minimum atomic E-state index is -3.48. The highest BCUT2D eigenvalue weighted by Gasteiger charge is 2.51. The quantitative estimate of drug-likeness (QED) is 0.918. The van der Waals surface area contributed by atoms with Gasteiger partial charge in [-0.25, -0.2) is 13.1 Å². The van der Waals surface area contributed by atoms with Crippen molar-refractivity contribution in [1.82, 2.24) is 14.5 Å². The van der Waals surface area contributed by atoms with Crippen LogP contribution in [0.15, 0.2) is 4.90 Å². The van der Waals surface area contributed by atoms with Crippen LogP contribution >= 0.6 is 0 Å². The van der Waals surface area contributed by atoms with Crippen molar-refractivity contribution in [2.24, 2.45) is 30.2 Å². The van der Waals surface area contributed by atoms with E-state index in [1.165, 1.54) is 38.5 Å². The molecule has 6 heteroatoms. The molecule has 1 heterocycles. The average molecular weight is 337 g/mol. The Balaban J connectivity index is 1.54. The maximum atomic E-state index is 12.8. The molecule has 0 aliphatic heterocycles.